The quantitative estimate of drug-likeness (QED) is 0.791. The van der Waals surface area contributed by atoms with Gasteiger partial charge in [0.25, 0.3) is 0 Å². The average Bonchev–Trinajstić information content (AvgIpc) is 3.26. The second-order valence-electron chi connectivity index (χ2n) is 6.21. The van der Waals surface area contributed by atoms with Gasteiger partial charge in [-0.15, -0.1) is 0 Å². The van der Waals surface area contributed by atoms with Gasteiger partial charge in [0.05, 0.1) is 12.5 Å². The van der Waals surface area contributed by atoms with Crippen LogP contribution in [0.2, 0.25) is 0 Å². The van der Waals surface area contributed by atoms with Crippen molar-refractivity contribution in [3.63, 3.8) is 0 Å². The normalized spacial score (nSPS) is 18.8. The fourth-order valence-corrected chi connectivity index (χ4v) is 3.30. The lowest BCUT2D eigenvalue weighted by Gasteiger charge is -2.19. The van der Waals surface area contributed by atoms with Gasteiger partial charge in [-0.05, 0) is 38.3 Å². The molecule has 0 N–H and O–H groups in total. The van der Waals surface area contributed by atoms with Gasteiger partial charge in [-0.2, -0.15) is 0 Å². The summed E-state index contributed by atoms with van der Waals surface area (Å²) >= 11 is 0. The van der Waals surface area contributed by atoms with Crippen LogP contribution in [0.3, 0.4) is 0 Å². The predicted molar refractivity (Wildman–Crippen MR) is 87.9 cm³/mol. The van der Waals surface area contributed by atoms with E-state index in [1.165, 1.54) is 22.3 Å². The molecular weight excluding hydrogens is 272 g/mol. The third-order valence-corrected chi connectivity index (χ3v) is 4.67. The molecule has 0 bridgehead atoms. The van der Waals surface area contributed by atoms with Crippen molar-refractivity contribution in [3.05, 3.63) is 70.8 Å². The Morgan fingerprint density at radius 3 is 1.86 bits per heavy atom. The van der Waals surface area contributed by atoms with Gasteiger partial charge in [-0.25, -0.2) is 0 Å². The smallest absolute Gasteiger partial charge is 0.310 e. The summed E-state index contributed by atoms with van der Waals surface area (Å²) in [5.41, 5.74) is 4.67. The first kappa shape index (κ1) is 14.8. The summed E-state index contributed by atoms with van der Waals surface area (Å²) in [5.74, 6) is -0.151. The van der Waals surface area contributed by atoms with E-state index in [1.807, 2.05) is 6.92 Å². The van der Waals surface area contributed by atoms with Crippen LogP contribution >= 0.6 is 0 Å². The lowest BCUT2D eigenvalue weighted by molar-refractivity contribution is -0.145. The number of carbonyl (C=O) groups excluding carboxylic acids is 1. The maximum Gasteiger partial charge on any atom is 0.310 e. The van der Waals surface area contributed by atoms with Crippen molar-refractivity contribution < 1.29 is 9.53 Å². The number of ether oxygens (including phenoxy) is 1. The molecule has 0 amide bonds. The van der Waals surface area contributed by atoms with Crippen LogP contribution in [-0.2, 0) is 14.9 Å². The van der Waals surface area contributed by atoms with Crippen molar-refractivity contribution in [2.45, 2.75) is 32.6 Å². The van der Waals surface area contributed by atoms with Crippen LogP contribution in [-0.4, -0.2) is 12.6 Å². The molecule has 114 valence electrons. The first-order valence-corrected chi connectivity index (χ1v) is 7.89. The van der Waals surface area contributed by atoms with Crippen LogP contribution in [0.4, 0.5) is 0 Å². The molecule has 22 heavy (non-hydrogen) atoms. The molecule has 0 radical (unpaired) electrons. The maximum absolute atomic E-state index is 12.3. The zero-order valence-corrected chi connectivity index (χ0v) is 13.4. The standard InChI is InChI=1S/C20H22O2/c1-4-22-19(21)18-13-20(18,16-9-5-14(2)6-10-16)17-11-7-15(3)8-12-17/h5-12,18H,4,13H2,1-3H3/t18-/m1/s1. The summed E-state index contributed by atoms with van der Waals surface area (Å²) in [6.45, 7) is 6.46. The van der Waals surface area contributed by atoms with Crippen molar-refractivity contribution in [1.82, 2.24) is 0 Å². The lowest BCUT2D eigenvalue weighted by Crippen LogP contribution is -2.19. The fourth-order valence-electron chi connectivity index (χ4n) is 3.30. The minimum absolute atomic E-state index is 0.0714. The largest absolute Gasteiger partial charge is 0.466 e. The number of rotatable bonds is 4. The van der Waals surface area contributed by atoms with Crippen molar-refractivity contribution in [3.8, 4) is 0 Å². The van der Waals surface area contributed by atoms with Crippen molar-refractivity contribution in [1.29, 1.82) is 0 Å². The molecule has 2 aromatic rings. The number of carbonyl (C=O) groups is 1. The number of hydrogen-bond acceptors (Lipinski definition) is 2. The van der Waals surface area contributed by atoms with Gasteiger partial charge < -0.3 is 4.74 Å². The number of benzene rings is 2. The van der Waals surface area contributed by atoms with Crippen LogP contribution in [0.1, 0.15) is 35.6 Å². The summed E-state index contributed by atoms with van der Waals surface area (Å²) in [4.78, 5) is 12.3. The molecule has 1 aliphatic carbocycles. The van der Waals surface area contributed by atoms with Crippen LogP contribution in [0, 0.1) is 19.8 Å². The Hall–Kier alpha value is -2.09. The number of esters is 1. The Morgan fingerprint density at radius 1 is 1.00 bits per heavy atom. The monoisotopic (exact) mass is 294 g/mol. The third kappa shape index (κ3) is 2.43. The summed E-state index contributed by atoms with van der Waals surface area (Å²) in [6, 6.07) is 17.1. The van der Waals surface area contributed by atoms with E-state index in [9.17, 15) is 4.79 Å². The fraction of sp³-hybridized carbons (Fsp3) is 0.350. The molecule has 2 nitrogen and oxygen atoms in total. The van der Waals surface area contributed by atoms with Gasteiger partial charge in [0.15, 0.2) is 0 Å². The maximum atomic E-state index is 12.3. The zero-order chi connectivity index (χ0) is 15.7. The van der Waals surface area contributed by atoms with E-state index in [0.29, 0.717) is 6.61 Å². The van der Waals surface area contributed by atoms with Gasteiger partial charge >= 0.3 is 5.97 Å². The Kier molecular flexibility index (Phi) is 3.78. The molecule has 0 aliphatic heterocycles. The first-order valence-electron chi connectivity index (χ1n) is 7.89. The van der Waals surface area contributed by atoms with Crippen molar-refractivity contribution in [2.75, 3.05) is 6.61 Å². The second-order valence-corrected chi connectivity index (χ2v) is 6.21. The molecule has 0 spiro atoms. The minimum atomic E-state index is -0.215. The molecule has 0 unspecified atom stereocenters. The molecule has 1 fully saturated rings. The van der Waals surface area contributed by atoms with E-state index in [0.717, 1.165) is 6.42 Å². The van der Waals surface area contributed by atoms with E-state index in [2.05, 4.69) is 62.4 Å². The van der Waals surface area contributed by atoms with Crippen LogP contribution in [0.5, 0.6) is 0 Å². The highest BCUT2D eigenvalue weighted by atomic mass is 16.5. The minimum Gasteiger partial charge on any atom is -0.466 e. The average molecular weight is 294 g/mol. The molecule has 0 aromatic heterocycles. The molecule has 2 aromatic carbocycles. The Bertz CT molecular complexity index is 622. The molecule has 0 saturated heterocycles. The predicted octanol–water partition coefficient (Wildman–Crippen LogP) is 4.17. The van der Waals surface area contributed by atoms with Gasteiger partial charge in [0, 0.05) is 5.41 Å². The third-order valence-electron chi connectivity index (χ3n) is 4.67. The molecule has 2 heteroatoms. The zero-order valence-electron chi connectivity index (χ0n) is 13.4. The number of aryl methyl sites for hydroxylation is 2. The van der Waals surface area contributed by atoms with E-state index in [-0.39, 0.29) is 17.3 Å². The van der Waals surface area contributed by atoms with E-state index in [1.54, 1.807) is 0 Å². The van der Waals surface area contributed by atoms with Crippen LogP contribution in [0.15, 0.2) is 48.5 Å². The Morgan fingerprint density at radius 2 is 1.45 bits per heavy atom. The molecule has 1 aliphatic rings. The molecular formula is C20H22O2. The second kappa shape index (κ2) is 5.60. The first-order chi connectivity index (χ1) is 10.6. The highest BCUT2D eigenvalue weighted by molar-refractivity contribution is 5.81. The molecule has 3 rings (SSSR count). The highest BCUT2D eigenvalue weighted by Crippen LogP contribution is 2.59. The van der Waals surface area contributed by atoms with Crippen molar-refractivity contribution >= 4 is 5.97 Å². The van der Waals surface area contributed by atoms with Gasteiger partial charge in [-0.1, -0.05) is 59.7 Å². The summed E-state index contributed by atoms with van der Waals surface area (Å²) in [6.07, 6.45) is 0.831. The SMILES string of the molecule is CCOC(=O)[C@H]1CC1(c1ccc(C)cc1)c1ccc(C)cc1. The highest BCUT2D eigenvalue weighted by Gasteiger charge is 2.61. The number of hydrogen-bond donors (Lipinski definition) is 0. The van der Waals surface area contributed by atoms with Crippen LogP contribution < -0.4 is 0 Å². The van der Waals surface area contributed by atoms with Gasteiger partial charge in [-0.3, -0.25) is 4.79 Å². The molecule has 0 heterocycles. The van der Waals surface area contributed by atoms with E-state index < -0.39 is 0 Å². The van der Waals surface area contributed by atoms with Gasteiger partial charge in [0.2, 0.25) is 0 Å². The Labute approximate surface area is 132 Å². The van der Waals surface area contributed by atoms with E-state index in [4.69, 9.17) is 4.74 Å². The topological polar surface area (TPSA) is 26.3 Å². The summed E-state index contributed by atoms with van der Waals surface area (Å²) in [7, 11) is 0. The summed E-state index contributed by atoms with van der Waals surface area (Å²) < 4.78 is 5.27. The van der Waals surface area contributed by atoms with Crippen LogP contribution in [0.25, 0.3) is 0 Å². The Balaban J connectivity index is 2.02. The van der Waals surface area contributed by atoms with E-state index >= 15 is 0 Å². The van der Waals surface area contributed by atoms with Crippen molar-refractivity contribution in [2.24, 2.45) is 5.92 Å². The van der Waals surface area contributed by atoms with Gasteiger partial charge in [0.1, 0.15) is 0 Å². The molecule has 1 atom stereocenters. The molecule has 1 saturated carbocycles. The summed E-state index contributed by atoms with van der Waals surface area (Å²) in [5, 5.41) is 0. The lowest BCUT2D eigenvalue weighted by atomic mass is 9.85.